The standard InChI is InChI=1S/C19H26O3/c1-4-6-7-8-9-10-11-15-19(22-17(3)20)16-13-12-14-18(21)5-2/h5,11,15,18-19,21H,2,4,6-10H2,1,3H3/b15-11-/t18-,19?/m0/s1. The number of aliphatic hydroxyl groups is 1. The molecule has 0 amide bonds. The van der Waals surface area contributed by atoms with E-state index in [0.717, 1.165) is 12.8 Å². The zero-order valence-corrected chi connectivity index (χ0v) is 13.6. The molecule has 0 saturated heterocycles. The van der Waals surface area contributed by atoms with Gasteiger partial charge in [-0.1, -0.05) is 57.3 Å². The Labute approximate surface area is 134 Å². The molecular weight excluding hydrogens is 276 g/mol. The van der Waals surface area contributed by atoms with Gasteiger partial charge in [-0.15, -0.1) is 0 Å². The van der Waals surface area contributed by atoms with Crippen LogP contribution in [-0.2, 0) is 9.53 Å². The van der Waals surface area contributed by atoms with Crippen LogP contribution in [0.3, 0.4) is 0 Å². The molecular formula is C19H26O3. The van der Waals surface area contributed by atoms with E-state index in [2.05, 4.69) is 37.2 Å². The summed E-state index contributed by atoms with van der Waals surface area (Å²) in [5, 5.41) is 9.17. The van der Waals surface area contributed by atoms with Crippen molar-refractivity contribution >= 4 is 5.97 Å². The van der Waals surface area contributed by atoms with E-state index >= 15 is 0 Å². The van der Waals surface area contributed by atoms with Crippen LogP contribution in [0.4, 0.5) is 0 Å². The Morgan fingerprint density at radius 2 is 1.91 bits per heavy atom. The maximum Gasteiger partial charge on any atom is 0.304 e. The molecule has 0 heterocycles. The molecule has 0 aliphatic carbocycles. The second-order valence-corrected chi connectivity index (χ2v) is 4.88. The van der Waals surface area contributed by atoms with Crippen LogP contribution < -0.4 is 0 Å². The number of unbranched alkanes of at least 4 members (excludes halogenated alkanes) is 5. The summed E-state index contributed by atoms with van der Waals surface area (Å²) in [4.78, 5) is 11.0. The highest BCUT2D eigenvalue weighted by atomic mass is 16.5. The first kappa shape index (κ1) is 20.0. The zero-order valence-electron chi connectivity index (χ0n) is 13.6. The SMILES string of the molecule is C=C[C@H](O)C#CC#CC(/C=C\CCCCCCC)OC(C)=O. The zero-order chi connectivity index (χ0) is 16.6. The Morgan fingerprint density at radius 3 is 2.55 bits per heavy atom. The fourth-order valence-corrected chi connectivity index (χ4v) is 1.66. The molecule has 0 aromatic carbocycles. The van der Waals surface area contributed by atoms with Gasteiger partial charge in [-0.25, -0.2) is 0 Å². The van der Waals surface area contributed by atoms with E-state index in [1.54, 1.807) is 6.08 Å². The highest BCUT2D eigenvalue weighted by molar-refractivity contribution is 5.66. The Morgan fingerprint density at radius 1 is 1.23 bits per heavy atom. The summed E-state index contributed by atoms with van der Waals surface area (Å²) in [7, 11) is 0. The number of esters is 1. The quantitative estimate of drug-likeness (QED) is 0.307. The van der Waals surface area contributed by atoms with Crippen LogP contribution >= 0.6 is 0 Å². The Balaban J connectivity index is 4.33. The summed E-state index contributed by atoms with van der Waals surface area (Å²) in [5.74, 6) is 9.93. The third kappa shape index (κ3) is 13.0. The Bertz CT molecular complexity index is 468. The van der Waals surface area contributed by atoms with Crippen LogP contribution in [0, 0.1) is 23.7 Å². The number of carbonyl (C=O) groups excluding carboxylic acids is 1. The highest BCUT2D eigenvalue weighted by Crippen LogP contribution is 2.06. The number of carbonyl (C=O) groups is 1. The topological polar surface area (TPSA) is 46.5 Å². The minimum absolute atomic E-state index is 0.383. The summed E-state index contributed by atoms with van der Waals surface area (Å²) in [6, 6.07) is 0. The molecule has 0 rings (SSSR count). The summed E-state index contributed by atoms with van der Waals surface area (Å²) in [6.45, 7) is 6.95. The summed E-state index contributed by atoms with van der Waals surface area (Å²) in [6.07, 6.45) is 10.7. The normalized spacial score (nSPS) is 12.5. The molecule has 0 aromatic rings. The highest BCUT2D eigenvalue weighted by Gasteiger charge is 2.02. The van der Waals surface area contributed by atoms with Gasteiger partial charge in [0, 0.05) is 6.92 Å². The molecule has 120 valence electrons. The number of allylic oxidation sites excluding steroid dienone is 1. The van der Waals surface area contributed by atoms with Crippen LogP contribution in [0.15, 0.2) is 24.8 Å². The van der Waals surface area contributed by atoms with E-state index in [1.165, 1.54) is 38.7 Å². The third-order valence-electron chi connectivity index (χ3n) is 2.80. The minimum Gasteiger partial charge on any atom is -0.445 e. The molecule has 3 heteroatoms. The predicted octanol–water partition coefficient (Wildman–Crippen LogP) is 3.39. The van der Waals surface area contributed by atoms with Gasteiger partial charge >= 0.3 is 5.97 Å². The molecule has 0 aromatic heterocycles. The molecule has 1 unspecified atom stereocenters. The number of ether oxygens (including phenoxy) is 1. The van der Waals surface area contributed by atoms with Gasteiger partial charge in [0.2, 0.25) is 0 Å². The smallest absolute Gasteiger partial charge is 0.304 e. The van der Waals surface area contributed by atoms with Crippen LogP contribution in [0.1, 0.15) is 52.4 Å². The molecule has 0 spiro atoms. The Hall–Kier alpha value is -1.97. The largest absolute Gasteiger partial charge is 0.445 e. The van der Waals surface area contributed by atoms with Gasteiger partial charge in [0.05, 0.1) is 0 Å². The van der Waals surface area contributed by atoms with Gasteiger partial charge in [0.1, 0.15) is 6.10 Å². The molecule has 0 radical (unpaired) electrons. The summed E-state index contributed by atoms with van der Waals surface area (Å²) in [5.41, 5.74) is 0. The average molecular weight is 302 g/mol. The van der Waals surface area contributed by atoms with Crippen molar-refractivity contribution in [2.24, 2.45) is 0 Å². The van der Waals surface area contributed by atoms with E-state index in [1.807, 2.05) is 6.08 Å². The van der Waals surface area contributed by atoms with Gasteiger partial charge in [0.25, 0.3) is 0 Å². The maximum absolute atomic E-state index is 11.0. The summed E-state index contributed by atoms with van der Waals surface area (Å²) >= 11 is 0. The van der Waals surface area contributed by atoms with Crippen molar-refractivity contribution in [3.05, 3.63) is 24.8 Å². The predicted molar refractivity (Wildman–Crippen MR) is 89.8 cm³/mol. The second-order valence-electron chi connectivity index (χ2n) is 4.88. The fraction of sp³-hybridized carbons (Fsp3) is 0.526. The van der Waals surface area contributed by atoms with Crippen LogP contribution in [-0.4, -0.2) is 23.3 Å². The first-order chi connectivity index (χ1) is 10.6. The van der Waals surface area contributed by atoms with Crippen molar-refractivity contribution in [3.63, 3.8) is 0 Å². The van der Waals surface area contributed by atoms with E-state index in [0.29, 0.717) is 0 Å². The van der Waals surface area contributed by atoms with Crippen molar-refractivity contribution < 1.29 is 14.6 Å². The first-order valence-corrected chi connectivity index (χ1v) is 7.75. The van der Waals surface area contributed by atoms with Gasteiger partial charge in [0.15, 0.2) is 6.10 Å². The monoisotopic (exact) mass is 302 g/mol. The second kappa shape index (κ2) is 14.0. The minimum atomic E-state index is -0.889. The lowest BCUT2D eigenvalue weighted by molar-refractivity contribution is -0.142. The molecule has 0 saturated carbocycles. The van der Waals surface area contributed by atoms with E-state index in [9.17, 15) is 9.90 Å². The van der Waals surface area contributed by atoms with Crippen molar-refractivity contribution in [3.8, 4) is 23.7 Å². The number of aliphatic hydroxyl groups excluding tert-OH is 1. The van der Waals surface area contributed by atoms with Crippen LogP contribution in [0.2, 0.25) is 0 Å². The average Bonchev–Trinajstić information content (AvgIpc) is 2.49. The first-order valence-electron chi connectivity index (χ1n) is 7.75. The van der Waals surface area contributed by atoms with E-state index in [4.69, 9.17) is 4.74 Å². The van der Waals surface area contributed by atoms with Gasteiger partial charge in [-0.2, -0.15) is 0 Å². The lowest BCUT2D eigenvalue weighted by Gasteiger charge is -2.05. The molecule has 0 bridgehead atoms. The molecule has 2 atom stereocenters. The van der Waals surface area contributed by atoms with Crippen LogP contribution in [0.25, 0.3) is 0 Å². The molecule has 0 aliphatic heterocycles. The molecule has 1 N–H and O–H groups in total. The van der Waals surface area contributed by atoms with Crippen LogP contribution in [0.5, 0.6) is 0 Å². The van der Waals surface area contributed by atoms with Crippen molar-refractivity contribution in [2.75, 3.05) is 0 Å². The van der Waals surface area contributed by atoms with Gasteiger partial charge in [-0.3, -0.25) is 4.79 Å². The van der Waals surface area contributed by atoms with Crippen molar-refractivity contribution in [2.45, 2.75) is 64.6 Å². The van der Waals surface area contributed by atoms with Gasteiger partial charge in [-0.05, 0) is 36.7 Å². The number of rotatable bonds is 9. The third-order valence-corrected chi connectivity index (χ3v) is 2.80. The van der Waals surface area contributed by atoms with Crippen molar-refractivity contribution in [1.82, 2.24) is 0 Å². The Kier molecular flexibility index (Phi) is 12.7. The molecule has 3 nitrogen and oxygen atoms in total. The maximum atomic E-state index is 11.0. The van der Waals surface area contributed by atoms with Crippen molar-refractivity contribution in [1.29, 1.82) is 0 Å². The lowest BCUT2D eigenvalue weighted by Crippen LogP contribution is -2.11. The summed E-state index contributed by atoms with van der Waals surface area (Å²) < 4.78 is 5.08. The fourth-order valence-electron chi connectivity index (χ4n) is 1.66. The molecule has 0 aliphatic rings. The molecule has 0 fully saturated rings. The van der Waals surface area contributed by atoms with E-state index in [-0.39, 0.29) is 5.97 Å². The van der Waals surface area contributed by atoms with Gasteiger partial charge < -0.3 is 9.84 Å². The lowest BCUT2D eigenvalue weighted by atomic mass is 10.1. The van der Waals surface area contributed by atoms with E-state index < -0.39 is 12.2 Å². The molecule has 22 heavy (non-hydrogen) atoms. The number of hydrogen-bond acceptors (Lipinski definition) is 3. The number of hydrogen-bond donors (Lipinski definition) is 1.